The Kier molecular flexibility index (Phi) is 3.98. The standard InChI is InChI=1S/C11H15N5S/c1-3-12-10-6-4-5-9(14-10)7-17-11-15-13-8-16(11)2/h4-6,8H,3,7H2,1-2H3,(H,12,14). The van der Waals surface area contributed by atoms with Crippen molar-refractivity contribution in [2.75, 3.05) is 11.9 Å². The summed E-state index contributed by atoms with van der Waals surface area (Å²) in [5, 5.41) is 12.0. The van der Waals surface area contributed by atoms with Crippen molar-refractivity contribution in [3.63, 3.8) is 0 Å². The van der Waals surface area contributed by atoms with Crippen molar-refractivity contribution in [3.05, 3.63) is 30.2 Å². The lowest BCUT2D eigenvalue weighted by molar-refractivity contribution is 0.788. The van der Waals surface area contributed by atoms with Gasteiger partial charge in [0.25, 0.3) is 0 Å². The molecular weight excluding hydrogens is 234 g/mol. The highest BCUT2D eigenvalue weighted by atomic mass is 32.2. The number of pyridine rings is 1. The van der Waals surface area contributed by atoms with Gasteiger partial charge in [-0.2, -0.15) is 0 Å². The van der Waals surface area contributed by atoms with Crippen LogP contribution in [0.2, 0.25) is 0 Å². The molecular formula is C11H15N5S. The lowest BCUT2D eigenvalue weighted by atomic mass is 10.4. The minimum Gasteiger partial charge on any atom is -0.370 e. The van der Waals surface area contributed by atoms with Crippen LogP contribution < -0.4 is 5.32 Å². The maximum atomic E-state index is 4.50. The fourth-order valence-electron chi connectivity index (χ4n) is 1.38. The highest BCUT2D eigenvalue weighted by molar-refractivity contribution is 7.98. The zero-order valence-corrected chi connectivity index (χ0v) is 10.7. The molecule has 0 fully saturated rings. The highest BCUT2D eigenvalue weighted by Crippen LogP contribution is 2.19. The van der Waals surface area contributed by atoms with Crippen LogP contribution in [0.15, 0.2) is 29.7 Å². The Morgan fingerprint density at radius 1 is 1.41 bits per heavy atom. The third-order valence-electron chi connectivity index (χ3n) is 2.18. The van der Waals surface area contributed by atoms with Crippen LogP contribution in [0, 0.1) is 0 Å². The topological polar surface area (TPSA) is 55.6 Å². The second-order valence-electron chi connectivity index (χ2n) is 3.56. The number of rotatable bonds is 5. The predicted octanol–water partition coefficient (Wildman–Crippen LogP) is 1.93. The zero-order chi connectivity index (χ0) is 12.1. The monoisotopic (exact) mass is 249 g/mol. The summed E-state index contributed by atoms with van der Waals surface area (Å²) in [5.41, 5.74) is 1.04. The number of hydrogen-bond donors (Lipinski definition) is 1. The molecule has 0 aliphatic carbocycles. The first-order valence-electron chi connectivity index (χ1n) is 5.46. The number of nitrogens with zero attached hydrogens (tertiary/aromatic N) is 4. The van der Waals surface area contributed by atoms with E-state index in [1.54, 1.807) is 18.1 Å². The molecule has 0 bridgehead atoms. The smallest absolute Gasteiger partial charge is 0.191 e. The fourth-order valence-corrected chi connectivity index (χ4v) is 2.17. The molecule has 2 aromatic heterocycles. The molecule has 5 nitrogen and oxygen atoms in total. The maximum Gasteiger partial charge on any atom is 0.191 e. The number of thioether (sulfide) groups is 1. The summed E-state index contributed by atoms with van der Waals surface area (Å²) < 4.78 is 1.90. The molecule has 0 amide bonds. The first-order chi connectivity index (χ1) is 8.29. The Morgan fingerprint density at radius 3 is 3.00 bits per heavy atom. The third kappa shape index (κ3) is 3.20. The molecule has 90 valence electrons. The Balaban J connectivity index is 1.99. The van der Waals surface area contributed by atoms with Crippen LogP contribution in [-0.2, 0) is 12.8 Å². The molecule has 0 aromatic carbocycles. The second-order valence-corrected chi connectivity index (χ2v) is 4.50. The van der Waals surface area contributed by atoms with Gasteiger partial charge in [-0.25, -0.2) is 4.98 Å². The predicted molar refractivity (Wildman–Crippen MR) is 69.0 cm³/mol. The molecule has 0 atom stereocenters. The summed E-state index contributed by atoms with van der Waals surface area (Å²) in [6.45, 7) is 2.94. The maximum absolute atomic E-state index is 4.50. The van der Waals surface area contributed by atoms with Crippen molar-refractivity contribution in [2.24, 2.45) is 7.05 Å². The van der Waals surface area contributed by atoms with E-state index < -0.39 is 0 Å². The minimum absolute atomic E-state index is 0.797. The zero-order valence-electron chi connectivity index (χ0n) is 9.92. The average molecular weight is 249 g/mol. The molecule has 0 aliphatic heterocycles. The molecule has 0 unspecified atom stereocenters. The van der Waals surface area contributed by atoms with Gasteiger partial charge in [0.15, 0.2) is 5.16 Å². The number of aromatic nitrogens is 4. The highest BCUT2D eigenvalue weighted by Gasteiger charge is 2.03. The van der Waals surface area contributed by atoms with Crippen molar-refractivity contribution in [1.82, 2.24) is 19.7 Å². The largest absolute Gasteiger partial charge is 0.370 e. The minimum atomic E-state index is 0.797. The summed E-state index contributed by atoms with van der Waals surface area (Å²) in [4.78, 5) is 4.50. The lowest BCUT2D eigenvalue weighted by Gasteiger charge is -2.04. The van der Waals surface area contributed by atoms with Gasteiger partial charge in [0.05, 0.1) is 5.69 Å². The summed E-state index contributed by atoms with van der Waals surface area (Å²) in [6, 6.07) is 6.00. The molecule has 0 saturated carbocycles. The Bertz CT molecular complexity index is 482. The third-order valence-corrected chi connectivity index (χ3v) is 3.25. The van der Waals surface area contributed by atoms with E-state index in [0.29, 0.717) is 0 Å². The van der Waals surface area contributed by atoms with Crippen molar-refractivity contribution >= 4 is 17.6 Å². The van der Waals surface area contributed by atoms with Gasteiger partial charge < -0.3 is 9.88 Å². The van der Waals surface area contributed by atoms with Crippen LogP contribution in [0.5, 0.6) is 0 Å². The SMILES string of the molecule is CCNc1cccc(CSc2nncn2C)n1. The summed E-state index contributed by atoms with van der Waals surface area (Å²) >= 11 is 1.63. The second kappa shape index (κ2) is 5.67. The number of anilines is 1. The van der Waals surface area contributed by atoms with E-state index >= 15 is 0 Å². The average Bonchev–Trinajstić information content (AvgIpc) is 2.73. The molecule has 6 heteroatoms. The van der Waals surface area contributed by atoms with Gasteiger partial charge in [-0.05, 0) is 19.1 Å². The normalized spacial score (nSPS) is 10.5. The summed E-state index contributed by atoms with van der Waals surface area (Å²) in [5.74, 6) is 1.72. The fraction of sp³-hybridized carbons (Fsp3) is 0.364. The molecule has 2 rings (SSSR count). The van der Waals surface area contributed by atoms with Gasteiger partial charge in [0.1, 0.15) is 12.1 Å². The molecule has 0 spiro atoms. The van der Waals surface area contributed by atoms with Gasteiger partial charge in [-0.1, -0.05) is 17.8 Å². The van der Waals surface area contributed by atoms with Crippen molar-refractivity contribution in [1.29, 1.82) is 0 Å². The molecule has 2 heterocycles. The lowest BCUT2D eigenvalue weighted by Crippen LogP contribution is -2.00. The van der Waals surface area contributed by atoms with E-state index in [2.05, 4.69) is 27.4 Å². The summed E-state index contributed by atoms with van der Waals surface area (Å²) in [7, 11) is 1.94. The number of aryl methyl sites for hydroxylation is 1. The van der Waals surface area contributed by atoms with Crippen LogP contribution in [0.4, 0.5) is 5.82 Å². The molecule has 0 aliphatic rings. The van der Waals surface area contributed by atoms with E-state index in [0.717, 1.165) is 29.0 Å². The van der Waals surface area contributed by atoms with E-state index in [9.17, 15) is 0 Å². The van der Waals surface area contributed by atoms with Gasteiger partial charge in [-0.3, -0.25) is 0 Å². The van der Waals surface area contributed by atoms with Crippen LogP contribution in [0.3, 0.4) is 0 Å². The van der Waals surface area contributed by atoms with E-state index in [1.165, 1.54) is 0 Å². The van der Waals surface area contributed by atoms with Crippen LogP contribution in [0.1, 0.15) is 12.6 Å². The van der Waals surface area contributed by atoms with E-state index in [4.69, 9.17) is 0 Å². The molecule has 0 saturated heterocycles. The van der Waals surface area contributed by atoms with Crippen molar-refractivity contribution in [2.45, 2.75) is 17.8 Å². The summed E-state index contributed by atoms with van der Waals surface area (Å²) in [6.07, 6.45) is 1.70. The Labute approximate surface area is 105 Å². The van der Waals surface area contributed by atoms with Crippen molar-refractivity contribution in [3.8, 4) is 0 Å². The molecule has 17 heavy (non-hydrogen) atoms. The Morgan fingerprint density at radius 2 is 2.29 bits per heavy atom. The number of hydrogen-bond acceptors (Lipinski definition) is 5. The van der Waals surface area contributed by atoms with Crippen LogP contribution >= 0.6 is 11.8 Å². The Hall–Kier alpha value is -1.56. The van der Waals surface area contributed by atoms with Gasteiger partial charge in [0.2, 0.25) is 0 Å². The van der Waals surface area contributed by atoms with E-state index in [1.807, 2.05) is 29.8 Å². The van der Waals surface area contributed by atoms with Gasteiger partial charge in [0, 0.05) is 19.3 Å². The van der Waals surface area contributed by atoms with Gasteiger partial charge >= 0.3 is 0 Å². The molecule has 2 aromatic rings. The first kappa shape index (κ1) is 11.9. The molecule has 1 N–H and O–H groups in total. The number of nitrogens with one attached hydrogen (secondary N) is 1. The quantitative estimate of drug-likeness (QED) is 0.821. The van der Waals surface area contributed by atoms with E-state index in [-0.39, 0.29) is 0 Å². The van der Waals surface area contributed by atoms with Crippen molar-refractivity contribution < 1.29 is 0 Å². The van der Waals surface area contributed by atoms with Crippen LogP contribution in [0.25, 0.3) is 0 Å². The van der Waals surface area contributed by atoms with Crippen LogP contribution in [-0.4, -0.2) is 26.3 Å². The van der Waals surface area contributed by atoms with Gasteiger partial charge in [-0.15, -0.1) is 10.2 Å². The molecule has 0 radical (unpaired) electrons. The first-order valence-corrected chi connectivity index (χ1v) is 6.44.